The number of aliphatic carboxylic acids is 1. The summed E-state index contributed by atoms with van der Waals surface area (Å²) in [5, 5.41) is 11.9. The first-order valence-corrected chi connectivity index (χ1v) is 6.68. The van der Waals surface area contributed by atoms with Crippen LogP contribution in [0.3, 0.4) is 0 Å². The summed E-state index contributed by atoms with van der Waals surface area (Å²) in [5.41, 5.74) is -0.711. The van der Waals surface area contributed by atoms with Crippen LogP contribution in [0.5, 0.6) is 0 Å². The highest BCUT2D eigenvalue weighted by molar-refractivity contribution is 5.85. The fraction of sp³-hybridized carbons (Fsp3) is 0.846. The molecule has 0 spiro atoms. The highest BCUT2D eigenvalue weighted by atomic mass is 16.5. The third kappa shape index (κ3) is 2.66. The normalized spacial score (nSPS) is 35.6. The predicted molar refractivity (Wildman–Crippen MR) is 65.1 cm³/mol. The largest absolute Gasteiger partial charge is 0.481 e. The Bertz CT molecular complexity index is 336. The molecular formula is C13H21NO4. The summed E-state index contributed by atoms with van der Waals surface area (Å²) in [5.74, 6) is -1.08. The van der Waals surface area contributed by atoms with Gasteiger partial charge in [-0.15, -0.1) is 0 Å². The van der Waals surface area contributed by atoms with Crippen LogP contribution in [0.1, 0.15) is 39.0 Å². The van der Waals surface area contributed by atoms with E-state index in [1.165, 1.54) is 0 Å². The van der Waals surface area contributed by atoms with Crippen molar-refractivity contribution in [2.75, 3.05) is 13.2 Å². The number of nitrogens with one attached hydrogen (secondary N) is 1. The Morgan fingerprint density at radius 3 is 2.78 bits per heavy atom. The Hall–Kier alpha value is -1.10. The summed E-state index contributed by atoms with van der Waals surface area (Å²) in [4.78, 5) is 23.1. The van der Waals surface area contributed by atoms with Gasteiger partial charge in [-0.25, -0.2) is 0 Å². The first-order chi connectivity index (χ1) is 8.53. The molecule has 2 N–H and O–H groups in total. The fourth-order valence-electron chi connectivity index (χ4n) is 2.98. The van der Waals surface area contributed by atoms with Crippen molar-refractivity contribution in [2.24, 2.45) is 11.8 Å². The van der Waals surface area contributed by atoms with E-state index in [9.17, 15) is 9.59 Å². The second-order valence-electron chi connectivity index (χ2n) is 5.53. The van der Waals surface area contributed by atoms with Crippen LogP contribution >= 0.6 is 0 Å². The molecule has 1 amide bonds. The second kappa shape index (κ2) is 5.26. The van der Waals surface area contributed by atoms with Crippen molar-refractivity contribution in [1.29, 1.82) is 0 Å². The Labute approximate surface area is 107 Å². The van der Waals surface area contributed by atoms with Gasteiger partial charge in [0.1, 0.15) is 5.60 Å². The van der Waals surface area contributed by atoms with Crippen LogP contribution in [0.2, 0.25) is 0 Å². The molecular weight excluding hydrogens is 234 g/mol. The molecule has 1 saturated heterocycles. The molecule has 1 saturated carbocycles. The van der Waals surface area contributed by atoms with Gasteiger partial charge in [0, 0.05) is 13.2 Å². The van der Waals surface area contributed by atoms with Gasteiger partial charge in [0.05, 0.1) is 5.92 Å². The van der Waals surface area contributed by atoms with Gasteiger partial charge in [0.25, 0.3) is 5.91 Å². The lowest BCUT2D eigenvalue weighted by molar-refractivity contribution is -0.144. The molecule has 1 aliphatic heterocycles. The Morgan fingerprint density at radius 2 is 2.17 bits per heavy atom. The zero-order chi connectivity index (χ0) is 13.2. The fourth-order valence-corrected chi connectivity index (χ4v) is 2.98. The molecule has 2 fully saturated rings. The maximum atomic E-state index is 12.0. The molecule has 0 radical (unpaired) electrons. The summed E-state index contributed by atoms with van der Waals surface area (Å²) < 4.78 is 5.46. The van der Waals surface area contributed by atoms with Gasteiger partial charge >= 0.3 is 5.97 Å². The lowest BCUT2D eigenvalue weighted by Crippen LogP contribution is -2.46. The minimum absolute atomic E-state index is 0.0662. The number of amides is 1. The quantitative estimate of drug-likeness (QED) is 0.790. The van der Waals surface area contributed by atoms with Crippen LogP contribution in [-0.2, 0) is 14.3 Å². The number of carboxylic acid groups (broad SMARTS) is 1. The van der Waals surface area contributed by atoms with Crippen LogP contribution in [-0.4, -0.2) is 35.7 Å². The molecule has 1 heterocycles. The van der Waals surface area contributed by atoms with Gasteiger partial charge in [0.2, 0.25) is 0 Å². The van der Waals surface area contributed by atoms with Gasteiger partial charge in [-0.2, -0.15) is 0 Å². The summed E-state index contributed by atoms with van der Waals surface area (Å²) in [6, 6.07) is 0. The molecule has 2 rings (SSSR count). The molecule has 5 heteroatoms. The first-order valence-electron chi connectivity index (χ1n) is 6.68. The lowest BCUT2D eigenvalue weighted by Gasteiger charge is -2.24. The van der Waals surface area contributed by atoms with Crippen LogP contribution < -0.4 is 5.32 Å². The topological polar surface area (TPSA) is 75.6 Å². The monoisotopic (exact) mass is 255 g/mol. The van der Waals surface area contributed by atoms with E-state index >= 15 is 0 Å². The van der Waals surface area contributed by atoms with Crippen LogP contribution in [0, 0.1) is 11.8 Å². The number of rotatable bonds is 4. The zero-order valence-corrected chi connectivity index (χ0v) is 10.8. The number of carbonyl (C=O) groups is 2. The van der Waals surface area contributed by atoms with Crippen molar-refractivity contribution >= 4 is 11.9 Å². The lowest BCUT2D eigenvalue weighted by atomic mass is 9.95. The highest BCUT2D eigenvalue weighted by Crippen LogP contribution is 2.32. The average Bonchev–Trinajstić information content (AvgIpc) is 2.95. The molecule has 5 nitrogen and oxygen atoms in total. The van der Waals surface area contributed by atoms with Crippen LogP contribution in [0.15, 0.2) is 0 Å². The maximum absolute atomic E-state index is 12.0. The zero-order valence-electron chi connectivity index (χ0n) is 10.8. The van der Waals surface area contributed by atoms with E-state index in [-0.39, 0.29) is 17.7 Å². The highest BCUT2D eigenvalue weighted by Gasteiger charge is 2.39. The molecule has 18 heavy (non-hydrogen) atoms. The smallest absolute Gasteiger partial charge is 0.306 e. The van der Waals surface area contributed by atoms with E-state index in [1.807, 2.05) is 0 Å². The van der Waals surface area contributed by atoms with Crippen molar-refractivity contribution in [3.05, 3.63) is 0 Å². The number of hydrogen-bond donors (Lipinski definition) is 2. The van der Waals surface area contributed by atoms with Gasteiger partial charge in [-0.3, -0.25) is 9.59 Å². The van der Waals surface area contributed by atoms with E-state index in [0.717, 1.165) is 32.1 Å². The standard InChI is InChI=1S/C13H21NO4/c1-13(6-3-7-18-13)12(17)14-8-9-4-2-5-10(9)11(15)16/h9-10H,2-8H2,1H3,(H,14,17)(H,15,16). The molecule has 102 valence electrons. The minimum atomic E-state index is -0.741. The first kappa shape index (κ1) is 13.3. The second-order valence-corrected chi connectivity index (χ2v) is 5.53. The average molecular weight is 255 g/mol. The van der Waals surface area contributed by atoms with E-state index in [4.69, 9.17) is 9.84 Å². The van der Waals surface area contributed by atoms with E-state index in [0.29, 0.717) is 13.2 Å². The van der Waals surface area contributed by atoms with Crippen LogP contribution in [0.25, 0.3) is 0 Å². The number of hydrogen-bond acceptors (Lipinski definition) is 3. The molecule has 0 aromatic heterocycles. The molecule has 1 aliphatic carbocycles. The molecule has 0 aromatic rings. The van der Waals surface area contributed by atoms with Crippen molar-refractivity contribution in [1.82, 2.24) is 5.32 Å². The van der Waals surface area contributed by atoms with E-state index < -0.39 is 11.6 Å². The predicted octanol–water partition coefficient (Wildman–Crippen LogP) is 1.17. The minimum Gasteiger partial charge on any atom is -0.481 e. The van der Waals surface area contributed by atoms with E-state index in [1.54, 1.807) is 6.92 Å². The van der Waals surface area contributed by atoms with E-state index in [2.05, 4.69) is 5.32 Å². The Morgan fingerprint density at radius 1 is 1.39 bits per heavy atom. The Balaban J connectivity index is 1.84. The Kier molecular flexibility index (Phi) is 3.90. The van der Waals surface area contributed by atoms with Gasteiger partial charge in [0.15, 0.2) is 0 Å². The molecule has 3 atom stereocenters. The SMILES string of the molecule is CC1(C(=O)NCC2CCCC2C(=O)O)CCCO1. The summed E-state index contributed by atoms with van der Waals surface area (Å²) in [6.07, 6.45) is 4.20. The van der Waals surface area contributed by atoms with Crippen molar-refractivity contribution in [2.45, 2.75) is 44.6 Å². The number of ether oxygens (including phenoxy) is 1. The van der Waals surface area contributed by atoms with Gasteiger partial charge in [-0.05, 0) is 38.5 Å². The van der Waals surface area contributed by atoms with Crippen molar-refractivity contribution in [3.8, 4) is 0 Å². The number of carbonyl (C=O) groups excluding carboxylic acids is 1. The molecule has 0 bridgehead atoms. The third-order valence-corrected chi connectivity index (χ3v) is 4.20. The van der Waals surface area contributed by atoms with Crippen LogP contribution in [0.4, 0.5) is 0 Å². The third-order valence-electron chi connectivity index (χ3n) is 4.20. The molecule has 0 aromatic carbocycles. The summed E-state index contributed by atoms with van der Waals surface area (Å²) >= 11 is 0. The van der Waals surface area contributed by atoms with Gasteiger partial charge in [-0.1, -0.05) is 6.42 Å². The molecule has 2 aliphatic rings. The number of carboxylic acids is 1. The summed E-state index contributed by atoms with van der Waals surface area (Å²) in [7, 11) is 0. The van der Waals surface area contributed by atoms with Crippen molar-refractivity contribution in [3.63, 3.8) is 0 Å². The van der Waals surface area contributed by atoms with Crippen molar-refractivity contribution < 1.29 is 19.4 Å². The summed E-state index contributed by atoms with van der Waals surface area (Å²) in [6.45, 7) is 2.89. The maximum Gasteiger partial charge on any atom is 0.306 e. The molecule has 3 unspecified atom stereocenters. The van der Waals surface area contributed by atoms with Gasteiger partial charge < -0.3 is 15.2 Å².